The number of carbonyl (C=O) groups excluding carboxylic acids is 1. The molecule has 2 aromatic rings. The molecule has 1 saturated heterocycles. The second-order valence-electron chi connectivity index (χ2n) is 5.12. The monoisotopic (exact) mass is 285 g/mol. The van der Waals surface area contributed by atoms with Gasteiger partial charge in [-0.15, -0.1) is 0 Å². The maximum Gasteiger partial charge on any atom is 0.337 e. The molecule has 6 nitrogen and oxygen atoms in total. The van der Waals surface area contributed by atoms with Crippen molar-refractivity contribution in [2.24, 2.45) is 0 Å². The number of carboxylic acids is 1. The summed E-state index contributed by atoms with van der Waals surface area (Å²) >= 11 is 0. The molecule has 0 saturated carbocycles. The summed E-state index contributed by atoms with van der Waals surface area (Å²) < 4.78 is 0. The highest BCUT2D eigenvalue weighted by Gasteiger charge is 2.29. The molecule has 3 rings (SSSR count). The highest BCUT2D eigenvalue weighted by molar-refractivity contribution is 6.06. The molecule has 1 aliphatic heterocycles. The van der Waals surface area contributed by atoms with Crippen molar-refractivity contribution in [3.8, 4) is 0 Å². The number of anilines is 1. The molecule has 6 heteroatoms. The summed E-state index contributed by atoms with van der Waals surface area (Å²) in [7, 11) is 1.77. The first kappa shape index (κ1) is 13.4. The van der Waals surface area contributed by atoms with Crippen molar-refractivity contribution >= 4 is 28.5 Å². The number of hydrogen-bond acceptors (Lipinski definition) is 4. The van der Waals surface area contributed by atoms with E-state index in [1.165, 1.54) is 6.20 Å². The number of likely N-dealkylation sites (N-methyl/N-ethyl adjacent to an activating group) is 1. The molecule has 21 heavy (non-hydrogen) atoms. The van der Waals surface area contributed by atoms with Crippen LogP contribution < -0.4 is 5.32 Å². The normalized spacial score (nSPS) is 18.2. The molecule has 108 valence electrons. The van der Waals surface area contributed by atoms with Gasteiger partial charge >= 0.3 is 5.97 Å². The Morgan fingerprint density at radius 1 is 1.38 bits per heavy atom. The molecule has 2 heterocycles. The summed E-state index contributed by atoms with van der Waals surface area (Å²) in [6.07, 6.45) is 2.04. The van der Waals surface area contributed by atoms with Gasteiger partial charge in [0.2, 0.25) is 5.91 Å². The third kappa shape index (κ3) is 2.29. The zero-order valence-electron chi connectivity index (χ0n) is 11.5. The van der Waals surface area contributed by atoms with Crippen LogP contribution in [0.4, 0.5) is 5.82 Å². The number of carboxylic acid groups (broad SMARTS) is 1. The second-order valence-corrected chi connectivity index (χ2v) is 5.12. The van der Waals surface area contributed by atoms with Crippen molar-refractivity contribution < 1.29 is 14.7 Å². The Kier molecular flexibility index (Phi) is 3.21. The highest BCUT2D eigenvalue weighted by Crippen LogP contribution is 2.26. The SMILES string of the molecule is CN1CCC(Nc2ncc(C(=O)O)c3ccccc23)C1=O. The minimum absolute atomic E-state index is 0.0307. The zero-order chi connectivity index (χ0) is 15.0. The number of aromatic nitrogens is 1. The standard InChI is InChI=1S/C15H15N3O3/c1-18-7-6-12(14(18)19)17-13-10-5-3-2-4-9(10)11(8-16-13)15(20)21/h2-5,8,12H,6-7H2,1H3,(H,16,17)(H,20,21). The van der Waals surface area contributed by atoms with Gasteiger partial charge in [-0.3, -0.25) is 4.79 Å². The lowest BCUT2D eigenvalue weighted by Crippen LogP contribution is -2.31. The summed E-state index contributed by atoms with van der Waals surface area (Å²) in [6.45, 7) is 0.710. The summed E-state index contributed by atoms with van der Waals surface area (Å²) in [5.41, 5.74) is 0.158. The van der Waals surface area contributed by atoms with Crippen molar-refractivity contribution in [2.45, 2.75) is 12.5 Å². The molecule has 1 amide bonds. The van der Waals surface area contributed by atoms with E-state index in [1.807, 2.05) is 6.07 Å². The molecule has 1 fully saturated rings. The molecule has 1 atom stereocenters. The van der Waals surface area contributed by atoms with E-state index in [2.05, 4.69) is 10.3 Å². The molecule has 2 N–H and O–H groups in total. The summed E-state index contributed by atoms with van der Waals surface area (Å²) in [6, 6.07) is 6.85. The molecular weight excluding hydrogens is 270 g/mol. The molecule has 0 radical (unpaired) electrons. The van der Waals surface area contributed by atoms with Gasteiger partial charge in [0.1, 0.15) is 11.9 Å². The molecule has 1 unspecified atom stereocenters. The first-order valence-electron chi connectivity index (χ1n) is 6.70. The number of pyridine rings is 1. The van der Waals surface area contributed by atoms with Gasteiger partial charge in [0.25, 0.3) is 0 Å². The number of likely N-dealkylation sites (tertiary alicyclic amines) is 1. The topological polar surface area (TPSA) is 82.5 Å². The molecule has 0 aliphatic carbocycles. The quantitative estimate of drug-likeness (QED) is 0.894. The van der Waals surface area contributed by atoms with E-state index in [1.54, 1.807) is 30.1 Å². The predicted octanol–water partition coefficient (Wildman–Crippen LogP) is 1.58. The minimum Gasteiger partial charge on any atom is -0.478 e. The van der Waals surface area contributed by atoms with Gasteiger partial charge in [-0.1, -0.05) is 24.3 Å². The molecule has 1 aliphatic rings. The number of carbonyl (C=O) groups is 2. The Balaban J connectivity index is 2.02. The number of rotatable bonds is 3. The van der Waals surface area contributed by atoms with E-state index in [9.17, 15) is 14.7 Å². The number of hydrogen-bond donors (Lipinski definition) is 2. The van der Waals surface area contributed by atoms with Crippen molar-refractivity contribution in [3.05, 3.63) is 36.0 Å². The molecule has 1 aromatic heterocycles. The second kappa shape index (κ2) is 5.05. The average molecular weight is 285 g/mol. The van der Waals surface area contributed by atoms with Crippen LogP contribution in [0.15, 0.2) is 30.5 Å². The van der Waals surface area contributed by atoms with Gasteiger partial charge in [0.05, 0.1) is 5.56 Å². The first-order valence-corrected chi connectivity index (χ1v) is 6.70. The van der Waals surface area contributed by atoms with E-state index in [0.717, 1.165) is 0 Å². The fourth-order valence-corrected chi connectivity index (χ4v) is 2.60. The van der Waals surface area contributed by atoms with Crippen molar-refractivity contribution in [1.82, 2.24) is 9.88 Å². The van der Waals surface area contributed by atoms with Crippen LogP contribution in [-0.2, 0) is 4.79 Å². The summed E-state index contributed by atoms with van der Waals surface area (Å²) in [4.78, 5) is 29.1. The van der Waals surface area contributed by atoms with Crippen molar-refractivity contribution in [3.63, 3.8) is 0 Å². The number of amides is 1. The van der Waals surface area contributed by atoms with E-state index < -0.39 is 5.97 Å². The van der Waals surface area contributed by atoms with Crippen molar-refractivity contribution in [1.29, 1.82) is 0 Å². The Morgan fingerprint density at radius 2 is 2.10 bits per heavy atom. The third-order valence-electron chi connectivity index (χ3n) is 3.76. The van der Waals surface area contributed by atoms with Gasteiger partial charge in [0, 0.05) is 30.6 Å². The lowest BCUT2D eigenvalue weighted by molar-refractivity contribution is -0.127. The van der Waals surface area contributed by atoms with Crippen molar-refractivity contribution in [2.75, 3.05) is 18.9 Å². The third-order valence-corrected chi connectivity index (χ3v) is 3.76. The Morgan fingerprint density at radius 3 is 2.71 bits per heavy atom. The van der Waals surface area contributed by atoms with Gasteiger partial charge in [-0.05, 0) is 6.42 Å². The van der Waals surface area contributed by atoms with Crippen LogP contribution in [0.3, 0.4) is 0 Å². The first-order chi connectivity index (χ1) is 10.1. The summed E-state index contributed by atoms with van der Waals surface area (Å²) in [5.74, 6) is -0.436. The van der Waals surface area contributed by atoms with Crippen LogP contribution >= 0.6 is 0 Å². The molecular formula is C15H15N3O3. The Labute approximate surface area is 121 Å². The van der Waals surface area contributed by atoms with Crippen LogP contribution in [0.25, 0.3) is 10.8 Å². The van der Waals surface area contributed by atoms with Gasteiger partial charge in [-0.2, -0.15) is 0 Å². The zero-order valence-corrected chi connectivity index (χ0v) is 11.5. The Hall–Kier alpha value is -2.63. The minimum atomic E-state index is -1.01. The smallest absolute Gasteiger partial charge is 0.337 e. The highest BCUT2D eigenvalue weighted by atomic mass is 16.4. The molecule has 0 spiro atoms. The fourth-order valence-electron chi connectivity index (χ4n) is 2.60. The maximum absolute atomic E-state index is 12.0. The summed E-state index contributed by atoms with van der Waals surface area (Å²) in [5, 5.41) is 13.7. The molecule has 0 bridgehead atoms. The van der Waals surface area contributed by atoms with Crippen LogP contribution in [-0.4, -0.2) is 46.5 Å². The van der Waals surface area contributed by atoms with Crippen LogP contribution in [0, 0.1) is 0 Å². The fraction of sp³-hybridized carbons (Fsp3) is 0.267. The van der Waals surface area contributed by atoms with Gasteiger partial charge < -0.3 is 15.3 Å². The van der Waals surface area contributed by atoms with E-state index in [4.69, 9.17) is 0 Å². The van der Waals surface area contributed by atoms with Gasteiger partial charge in [0.15, 0.2) is 0 Å². The number of nitrogens with zero attached hydrogens (tertiary/aromatic N) is 2. The van der Waals surface area contributed by atoms with Crippen LogP contribution in [0.2, 0.25) is 0 Å². The average Bonchev–Trinajstić information content (AvgIpc) is 2.79. The van der Waals surface area contributed by atoms with E-state index >= 15 is 0 Å². The predicted molar refractivity (Wildman–Crippen MR) is 78.4 cm³/mol. The number of aromatic carboxylic acids is 1. The Bertz CT molecular complexity index is 729. The van der Waals surface area contributed by atoms with Gasteiger partial charge in [-0.25, -0.2) is 9.78 Å². The number of nitrogens with one attached hydrogen (secondary N) is 1. The van der Waals surface area contributed by atoms with E-state index in [0.29, 0.717) is 29.6 Å². The largest absolute Gasteiger partial charge is 0.478 e. The molecule has 1 aromatic carbocycles. The van der Waals surface area contributed by atoms with Crippen LogP contribution in [0.5, 0.6) is 0 Å². The number of benzene rings is 1. The van der Waals surface area contributed by atoms with Crippen LogP contribution in [0.1, 0.15) is 16.8 Å². The number of fused-ring (bicyclic) bond motifs is 1. The van der Waals surface area contributed by atoms with E-state index in [-0.39, 0.29) is 17.5 Å². The lowest BCUT2D eigenvalue weighted by Gasteiger charge is -2.15. The lowest BCUT2D eigenvalue weighted by atomic mass is 10.1. The maximum atomic E-state index is 12.0.